The van der Waals surface area contributed by atoms with Crippen LogP contribution >= 0.6 is 24.0 Å². The Kier molecular flexibility index (Phi) is 8.72. The highest BCUT2D eigenvalue weighted by atomic mass is 32.2. The Bertz CT molecular complexity index is 1230. The third-order valence-electron chi connectivity index (χ3n) is 5.93. The molecule has 1 N–H and O–H groups in total. The highest BCUT2D eigenvalue weighted by Crippen LogP contribution is 2.56. The zero-order valence-corrected chi connectivity index (χ0v) is 24.1. The van der Waals surface area contributed by atoms with Crippen molar-refractivity contribution in [2.45, 2.75) is 57.9 Å². The fourth-order valence-corrected chi connectivity index (χ4v) is 6.37. The number of hydrogen-bond acceptors (Lipinski definition) is 10. The van der Waals surface area contributed by atoms with Crippen LogP contribution in [0.5, 0.6) is 0 Å². The standard InChI is InChI=1S/C27H32N2O7S2/c1-8-35-21(30)17-18(22(31)36-9-2)20(28-26(4,5)6)27(19(17)23(32)34-7)24(33)29(25(37)38-27)15(3)16-13-11-10-12-14-16/h10-15,28H,8-9H2,1-7H3. The largest absolute Gasteiger partial charge is 0.466 e. The van der Waals surface area contributed by atoms with Crippen molar-refractivity contribution in [2.75, 3.05) is 20.3 Å². The topological polar surface area (TPSA) is 111 Å². The molecule has 1 heterocycles. The Morgan fingerprint density at radius 1 is 1.03 bits per heavy atom. The van der Waals surface area contributed by atoms with Gasteiger partial charge in [0.25, 0.3) is 5.91 Å². The van der Waals surface area contributed by atoms with Crippen molar-refractivity contribution in [1.29, 1.82) is 0 Å². The molecule has 0 saturated carbocycles. The van der Waals surface area contributed by atoms with E-state index in [0.717, 1.165) is 24.4 Å². The van der Waals surface area contributed by atoms with Crippen molar-refractivity contribution in [3.8, 4) is 0 Å². The zero-order chi connectivity index (χ0) is 28.4. The van der Waals surface area contributed by atoms with Gasteiger partial charge in [0.05, 0.1) is 48.8 Å². The van der Waals surface area contributed by atoms with Crippen molar-refractivity contribution in [3.63, 3.8) is 0 Å². The summed E-state index contributed by atoms with van der Waals surface area (Å²) in [7, 11) is 1.14. The summed E-state index contributed by atoms with van der Waals surface area (Å²) in [6.45, 7) is 10.5. The van der Waals surface area contributed by atoms with Crippen LogP contribution in [0, 0.1) is 0 Å². The van der Waals surface area contributed by atoms with Gasteiger partial charge in [-0.15, -0.1) is 0 Å². The van der Waals surface area contributed by atoms with Gasteiger partial charge in [-0.3, -0.25) is 9.69 Å². The molecule has 1 aliphatic heterocycles. The van der Waals surface area contributed by atoms with E-state index in [1.54, 1.807) is 13.8 Å². The number of amides is 1. The van der Waals surface area contributed by atoms with Crippen LogP contribution in [0.2, 0.25) is 0 Å². The van der Waals surface area contributed by atoms with Gasteiger partial charge in [-0.2, -0.15) is 0 Å². The summed E-state index contributed by atoms with van der Waals surface area (Å²) in [6, 6.07) is 8.77. The number of nitrogens with zero attached hydrogens (tertiary/aromatic N) is 1. The van der Waals surface area contributed by atoms with E-state index in [1.807, 2.05) is 58.0 Å². The second-order valence-electron chi connectivity index (χ2n) is 9.62. The van der Waals surface area contributed by atoms with Crippen LogP contribution in [-0.2, 0) is 33.4 Å². The minimum absolute atomic E-state index is 0.00153. The minimum atomic E-state index is -1.90. The number of benzene rings is 1. The maximum atomic E-state index is 14.5. The first-order valence-electron chi connectivity index (χ1n) is 12.2. The Labute approximate surface area is 231 Å². The maximum Gasteiger partial charge on any atom is 0.340 e. The highest BCUT2D eigenvalue weighted by Gasteiger charge is 2.66. The van der Waals surface area contributed by atoms with Gasteiger partial charge in [-0.25, -0.2) is 14.4 Å². The van der Waals surface area contributed by atoms with Crippen LogP contribution in [0.3, 0.4) is 0 Å². The van der Waals surface area contributed by atoms with Crippen LogP contribution in [0.4, 0.5) is 0 Å². The lowest BCUT2D eigenvalue weighted by Crippen LogP contribution is -2.50. The maximum absolute atomic E-state index is 14.5. The molecule has 0 bridgehead atoms. The first-order chi connectivity index (χ1) is 17.8. The molecule has 2 atom stereocenters. The number of carbonyl (C=O) groups is 4. The first-order valence-corrected chi connectivity index (χ1v) is 13.4. The molecule has 0 aromatic heterocycles. The molecule has 1 fully saturated rings. The summed E-state index contributed by atoms with van der Waals surface area (Å²) in [6.07, 6.45) is 0. The lowest BCUT2D eigenvalue weighted by Gasteiger charge is -2.33. The zero-order valence-electron chi connectivity index (χ0n) is 22.5. The molecule has 9 nitrogen and oxygen atoms in total. The molecule has 1 aliphatic carbocycles. The molecule has 0 radical (unpaired) electrons. The summed E-state index contributed by atoms with van der Waals surface area (Å²) >= 11 is 6.60. The molecule has 11 heteroatoms. The summed E-state index contributed by atoms with van der Waals surface area (Å²) in [5, 5.41) is 3.22. The summed E-state index contributed by atoms with van der Waals surface area (Å²) < 4.78 is 13.9. The second-order valence-corrected chi connectivity index (χ2v) is 11.5. The van der Waals surface area contributed by atoms with E-state index in [9.17, 15) is 19.2 Å². The van der Waals surface area contributed by atoms with Crippen LogP contribution in [0.1, 0.15) is 53.1 Å². The molecule has 1 amide bonds. The molecule has 1 aromatic rings. The molecule has 204 valence electrons. The van der Waals surface area contributed by atoms with Crippen molar-refractivity contribution >= 4 is 52.1 Å². The fraction of sp³-hybridized carbons (Fsp3) is 0.444. The highest BCUT2D eigenvalue weighted by molar-refractivity contribution is 8.25. The number of methoxy groups -OCH3 is 1. The molecule has 2 aliphatic rings. The predicted octanol–water partition coefficient (Wildman–Crippen LogP) is 3.60. The van der Waals surface area contributed by atoms with Gasteiger partial charge in [0.15, 0.2) is 4.75 Å². The fourth-order valence-electron chi connectivity index (χ4n) is 4.42. The van der Waals surface area contributed by atoms with Gasteiger partial charge >= 0.3 is 17.9 Å². The molecular formula is C27H32N2O7S2. The van der Waals surface area contributed by atoms with Gasteiger partial charge in [0.2, 0.25) is 0 Å². The van der Waals surface area contributed by atoms with Gasteiger partial charge in [-0.05, 0) is 47.1 Å². The van der Waals surface area contributed by atoms with E-state index in [-0.39, 0.29) is 40.0 Å². The Morgan fingerprint density at radius 2 is 1.58 bits per heavy atom. The van der Waals surface area contributed by atoms with E-state index in [0.29, 0.717) is 0 Å². The normalized spacial score (nSPS) is 20.2. The average Bonchev–Trinajstić information content (AvgIpc) is 3.28. The SMILES string of the molecule is CCOC(=O)C1=C(NC(C)(C)C)C2(SC(=S)N(C(C)c3ccccc3)C2=O)C(C(=O)OC)=C1C(=O)OCC. The van der Waals surface area contributed by atoms with E-state index < -0.39 is 40.1 Å². The lowest BCUT2D eigenvalue weighted by atomic mass is 9.93. The summed E-state index contributed by atoms with van der Waals surface area (Å²) in [5.74, 6) is -3.38. The number of hydrogen-bond donors (Lipinski definition) is 1. The molecule has 1 spiro atoms. The second kappa shape index (κ2) is 11.3. The van der Waals surface area contributed by atoms with E-state index in [1.165, 1.54) is 4.90 Å². The number of rotatable bonds is 8. The first kappa shape index (κ1) is 29.4. The molecule has 1 aromatic carbocycles. The summed E-state index contributed by atoms with van der Waals surface area (Å²) in [5.41, 5.74) is -0.805. The van der Waals surface area contributed by atoms with Crippen LogP contribution in [0.15, 0.2) is 52.7 Å². The molecule has 38 heavy (non-hydrogen) atoms. The monoisotopic (exact) mass is 560 g/mol. The van der Waals surface area contributed by atoms with Crippen LogP contribution < -0.4 is 5.32 Å². The smallest absolute Gasteiger partial charge is 0.340 e. The molecule has 3 rings (SSSR count). The predicted molar refractivity (Wildman–Crippen MR) is 147 cm³/mol. The van der Waals surface area contributed by atoms with Gasteiger partial charge in [0, 0.05) is 5.54 Å². The number of nitrogens with one attached hydrogen (secondary N) is 1. The summed E-state index contributed by atoms with van der Waals surface area (Å²) in [4.78, 5) is 56.1. The van der Waals surface area contributed by atoms with Crippen molar-refractivity contribution in [1.82, 2.24) is 10.2 Å². The number of carbonyl (C=O) groups excluding carboxylic acids is 4. The van der Waals surface area contributed by atoms with Crippen molar-refractivity contribution in [3.05, 3.63) is 58.3 Å². The number of thioether (sulfide) groups is 1. The molecule has 1 saturated heterocycles. The number of esters is 3. The van der Waals surface area contributed by atoms with Gasteiger partial charge < -0.3 is 19.5 Å². The molecular weight excluding hydrogens is 528 g/mol. The third-order valence-corrected chi connectivity index (χ3v) is 7.64. The minimum Gasteiger partial charge on any atom is -0.466 e. The van der Waals surface area contributed by atoms with Crippen molar-refractivity contribution < 1.29 is 33.4 Å². The van der Waals surface area contributed by atoms with Crippen LogP contribution in [-0.4, -0.2) is 63.6 Å². The van der Waals surface area contributed by atoms with Crippen molar-refractivity contribution in [2.24, 2.45) is 0 Å². The quantitative estimate of drug-likeness (QED) is 0.288. The van der Waals surface area contributed by atoms with E-state index >= 15 is 0 Å². The Balaban J connectivity index is 2.40. The molecule has 2 unspecified atom stereocenters. The lowest BCUT2D eigenvalue weighted by molar-refractivity contribution is -0.142. The van der Waals surface area contributed by atoms with Gasteiger partial charge in [0.1, 0.15) is 4.32 Å². The van der Waals surface area contributed by atoms with E-state index in [4.69, 9.17) is 26.4 Å². The number of ether oxygens (including phenoxy) is 3. The third kappa shape index (κ3) is 5.09. The van der Waals surface area contributed by atoms with E-state index in [2.05, 4.69) is 5.32 Å². The van der Waals surface area contributed by atoms with Gasteiger partial charge in [-0.1, -0.05) is 54.3 Å². The van der Waals surface area contributed by atoms with Crippen LogP contribution in [0.25, 0.3) is 0 Å². The Hall–Kier alpha value is -3.18. The average molecular weight is 561 g/mol. The Morgan fingerprint density at radius 3 is 2.08 bits per heavy atom. The number of thiocarbonyl (C=S) groups is 1.